The van der Waals surface area contributed by atoms with Gasteiger partial charge in [-0.05, 0) is 24.1 Å². The maximum Gasteiger partial charge on any atom is 0.241 e. The van der Waals surface area contributed by atoms with Crippen LogP contribution in [0.3, 0.4) is 0 Å². The molecule has 0 radical (unpaired) electrons. The number of anilines is 1. The van der Waals surface area contributed by atoms with Crippen molar-refractivity contribution in [2.24, 2.45) is 0 Å². The first kappa shape index (κ1) is 13.0. The van der Waals surface area contributed by atoms with E-state index in [1.807, 2.05) is 0 Å². The predicted octanol–water partition coefficient (Wildman–Crippen LogP) is 0.358. The van der Waals surface area contributed by atoms with Crippen molar-refractivity contribution in [1.29, 1.82) is 0 Å². The van der Waals surface area contributed by atoms with E-state index in [-0.39, 0.29) is 24.1 Å². The molecule has 7 heteroatoms. The van der Waals surface area contributed by atoms with Gasteiger partial charge in [-0.2, -0.15) is 0 Å². The monoisotopic (exact) mass is 263 g/mol. The average Bonchev–Trinajstić information content (AvgIpc) is 2.77. The van der Waals surface area contributed by atoms with Crippen LogP contribution in [0.1, 0.15) is 5.56 Å². The number of benzene rings is 1. The van der Waals surface area contributed by atoms with Crippen LogP contribution in [-0.4, -0.2) is 27.4 Å². The van der Waals surface area contributed by atoms with Crippen LogP contribution in [0.25, 0.3) is 0 Å². The number of halogens is 1. The molecule has 1 heterocycles. The smallest absolute Gasteiger partial charge is 0.241 e. The molecule has 0 unspecified atom stereocenters. The third-order valence-electron chi connectivity index (χ3n) is 2.51. The summed E-state index contributed by atoms with van der Waals surface area (Å²) in [6, 6.07) is 6.18. The van der Waals surface area contributed by atoms with E-state index in [9.17, 15) is 9.18 Å². The number of hydrogen-bond donors (Lipinski definition) is 2. The second-order valence-corrected chi connectivity index (χ2v) is 4.07. The van der Waals surface area contributed by atoms with Crippen LogP contribution in [0.2, 0.25) is 0 Å². The molecular formula is C12H14FN5O. The van der Waals surface area contributed by atoms with Crippen molar-refractivity contribution in [3.05, 3.63) is 41.8 Å². The van der Waals surface area contributed by atoms with Crippen molar-refractivity contribution < 1.29 is 9.18 Å². The van der Waals surface area contributed by atoms with Crippen LogP contribution < -0.4 is 11.1 Å². The molecule has 0 bridgehead atoms. The molecule has 100 valence electrons. The summed E-state index contributed by atoms with van der Waals surface area (Å²) >= 11 is 0. The first-order chi connectivity index (χ1) is 9.13. The van der Waals surface area contributed by atoms with Crippen molar-refractivity contribution in [3.63, 3.8) is 0 Å². The number of carbonyl (C=O) groups is 1. The Morgan fingerprint density at radius 2 is 2.11 bits per heavy atom. The Bertz CT molecular complexity index is 552. The summed E-state index contributed by atoms with van der Waals surface area (Å²) in [5.74, 6) is -0.164. The minimum absolute atomic E-state index is 0.0770. The Balaban J connectivity index is 1.73. The molecule has 3 N–H and O–H groups in total. The first-order valence-electron chi connectivity index (χ1n) is 5.80. The van der Waals surface area contributed by atoms with Gasteiger partial charge in [0.05, 0.1) is 6.20 Å². The summed E-state index contributed by atoms with van der Waals surface area (Å²) in [5, 5.41) is 9.99. The van der Waals surface area contributed by atoms with E-state index < -0.39 is 0 Å². The Labute approximate surface area is 109 Å². The SMILES string of the molecule is Nc1cn(CC(=O)NCCc2ccc(F)cc2)nn1. The van der Waals surface area contributed by atoms with Crippen molar-refractivity contribution in [1.82, 2.24) is 20.3 Å². The zero-order valence-corrected chi connectivity index (χ0v) is 10.2. The number of nitrogens with two attached hydrogens (primary N) is 1. The van der Waals surface area contributed by atoms with Crippen molar-refractivity contribution in [2.75, 3.05) is 12.3 Å². The Kier molecular flexibility index (Phi) is 4.07. The third-order valence-corrected chi connectivity index (χ3v) is 2.51. The standard InChI is InChI=1S/C12H14FN5O/c13-10-3-1-9(2-4-10)5-6-15-12(19)8-18-7-11(14)16-17-18/h1-4,7H,5-6,8,14H2,(H,15,19). The quantitative estimate of drug-likeness (QED) is 0.815. The van der Waals surface area contributed by atoms with E-state index in [2.05, 4.69) is 15.6 Å². The molecule has 0 fully saturated rings. The van der Waals surface area contributed by atoms with Gasteiger partial charge in [0.2, 0.25) is 5.91 Å². The van der Waals surface area contributed by atoms with E-state index >= 15 is 0 Å². The highest BCUT2D eigenvalue weighted by Gasteiger charge is 2.04. The van der Waals surface area contributed by atoms with Gasteiger partial charge in [-0.3, -0.25) is 4.79 Å². The molecule has 0 saturated carbocycles. The van der Waals surface area contributed by atoms with Gasteiger partial charge in [-0.25, -0.2) is 9.07 Å². The zero-order valence-electron chi connectivity index (χ0n) is 10.2. The number of hydrogen-bond acceptors (Lipinski definition) is 4. The predicted molar refractivity (Wildman–Crippen MR) is 67.5 cm³/mol. The summed E-state index contributed by atoms with van der Waals surface area (Å²) in [7, 11) is 0. The molecule has 0 aliphatic carbocycles. The van der Waals surface area contributed by atoms with Gasteiger partial charge in [-0.1, -0.05) is 17.3 Å². The first-order valence-corrected chi connectivity index (χ1v) is 5.80. The summed E-state index contributed by atoms with van der Waals surface area (Å²) in [5.41, 5.74) is 6.35. The number of carbonyl (C=O) groups excluding carboxylic acids is 1. The largest absolute Gasteiger partial charge is 0.381 e. The molecule has 19 heavy (non-hydrogen) atoms. The Morgan fingerprint density at radius 3 is 2.74 bits per heavy atom. The lowest BCUT2D eigenvalue weighted by atomic mass is 10.1. The lowest BCUT2D eigenvalue weighted by Crippen LogP contribution is -2.29. The van der Waals surface area contributed by atoms with Gasteiger partial charge in [0.15, 0.2) is 5.82 Å². The van der Waals surface area contributed by atoms with Gasteiger partial charge in [-0.15, -0.1) is 5.10 Å². The molecule has 0 saturated heterocycles. The van der Waals surface area contributed by atoms with Crippen LogP contribution in [-0.2, 0) is 17.8 Å². The number of aromatic nitrogens is 3. The van der Waals surface area contributed by atoms with Crippen molar-refractivity contribution in [3.8, 4) is 0 Å². The van der Waals surface area contributed by atoms with Gasteiger partial charge >= 0.3 is 0 Å². The fourth-order valence-electron chi connectivity index (χ4n) is 1.59. The lowest BCUT2D eigenvalue weighted by Gasteiger charge is -2.05. The number of nitrogen functional groups attached to an aromatic ring is 1. The molecule has 2 aromatic rings. The minimum atomic E-state index is -0.267. The van der Waals surface area contributed by atoms with Crippen LogP contribution in [0.15, 0.2) is 30.5 Å². The van der Waals surface area contributed by atoms with Crippen molar-refractivity contribution in [2.45, 2.75) is 13.0 Å². The molecule has 0 aliphatic heterocycles. The van der Waals surface area contributed by atoms with E-state index in [0.29, 0.717) is 13.0 Å². The Morgan fingerprint density at radius 1 is 1.37 bits per heavy atom. The topological polar surface area (TPSA) is 85.8 Å². The van der Waals surface area contributed by atoms with E-state index in [1.165, 1.54) is 23.0 Å². The fourth-order valence-corrected chi connectivity index (χ4v) is 1.59. The molecule has 2 rings (SSSR count). The normalized spacial score (nSPS) is 10.4. The molecule has 0 spiro atoms. The van der Waals surface area contributed by atoms with E-state index in [0.717, 1.165) is 5.56 Å². The number of nitrogens with one attached hydrogen (secondary N) is 1. The molecule has 0 aliphatic rings. The van der Waals surface area contributed by atoms with Crippen LogP contribution in [0, 0.1) is 5.82 Å². The average molecular weight is 263 g/mol. The zero-order chi connectivity index (χ0) is 13.7. The lowest BCUT2D eigenvalue weighted by molar-refractivity contribution is -0.121. The summed E-state index contributed by atoms with van der Waals surface area (Å²) in [6.45, 7) is 0.558. The van der Waals surface area contributed by atoms with Crippen LogP contribution in [0.5, 0.6) is 0 Å². The molecule has 1 aromatic carbocycles. The molecular weight excluding hydrogens is 249 g/mol. The number of nitrogens with zero attached hydrogens (tertiary/aromatic N) is 3. The van der Waals surface area contributed by atoms with Gasteiger partial charge in [0.1, 0.15) is 12.4 Å². The Hall–Kier alpha value is -2.44. The van der Waals surface area contributed by atoms with Crippen LogP contribution >= 0.6 is 0 Å². The van der Waals surface area contributed by atoms with Crippen LogP contribution in [0.4, 0.5) is 10.2 Å². The summed E-state index contributed by atoms with van der Waals surface area (Å²) in [6.07, 6.45) is 2.13. The van der Waals surface area contributed by atoms with E-state index in [1.54, 1.807) is 12.1 Å². The fraction of sp³-hybridized carbons (Fsp3) is 0.250. The highest BCUT2D eigenvalue weighted by Crippen LogP contribution is 2.02. The second-order valence-electron chi connectivity index (χ2n) is 4.07. The van der Waals surface area contributed by atoms with Gasteiger partial charge in [0.25, 0.3) is 0 Å². The number of rotatable bonds is 5. The highest BCUT2D eigenvalue weighted by atomic mass is 19.1. The molecule has 6 nitrogen and oxygen atoms in total. The summed E-state index contributed by atoms with van der Waals surface area (Å²) < 4.78 is 14.0. The maximum atomic E-state index is 12.7. The number of amides is 1. The third kappa shape index (κ3) is 4.06. The molecule has 1 aromatic heterocycles. The molecule has 1 amide bonds. The van der Waals surface area contributed by atoms with Crippen molar-refractivity contribution >= 4 is 11.7 Å². The van der Waals surface area contributed by atoms with Gasteiger partial charge < -0.3 is 11.1 Å². The summed E-state index contributed by atoms with van der Waals surface area (Å²) in [4.78, 5) is 11.6. The minimum Gasteiger partial charge on any atom is -0.381 e. The highest BCUT2D eigenvalue weighted by molar-refractivity contribution is 5.75. The maximum absolute atomic E-state index is 12.7. The van der Waals surface area contributed by atoms with E-state index in [4.69, 9.17) is 5.73 Å². The molecule has 0 atom stereocenters. The van der Waals surface area contributed by atoms with Gasteiger partial charge in [0, 0.05) is 6.54 Å². The second kappa shape index (κ2) is 5.94.